The lowest BCUT2D eigenvalue weighted by Gasteiger charge is -2.11. The summed E-state index contributed by atoms with van der Waals surface area (Å²) < 4.78 is 18.0. The number of carbonyl (C=O) groups is 1. The van der Waals surface area contributed by atoms with Gasteiger partial charge in [0.1, 0.15) is 0 Å². The van der Waals surface area contributed by atoms with Crippen molar-refractivity contribution in [1.82, 2.24) is 0 Å². The summed E-state index contributed by atoms with van der Waals surface area (Å²) in [5, 5.41) is 0. The second-order valence-electron chi connectivity index (χ2n) is 3.17. The van der Waals surface area contributed by atoms with Crippen LogP contribution in [0.2, 0.25) is 0 Å². The molecule has 1 atom stereocenters. The lowest BCUT2D eigenvalue weighted by atomic mass is 10.0. The van der Waals surface area contributed by atoms with Crippen LogP contribution < -0.4 is 16.2 Å². The monoisotopic (exact) mass is 212 g/mol. The van der Waals surface area contributed by atoms with Crippen LogP contribution in [0.1, 0.15) is 18.0 Å². The number of hydrogen-bond donors (Lipinski definition) is 2. The summed E-state index contributed by atoms with van der Waals surface area (Å²) >= 11 is 0. The van der Waals surface area contributed by atoms with Crippen LogP contribution >= 0.6 is 0 Å². The molecule has 1 amide bonds. The first kappa shape index (κ1) is 11.5. The third-order valence-electron chi connectivity index (χ3n) is 2.03. The van der Waals surface area contributed by atoms with E-state index in [1.54, 1.807) is 6.07 Å². The molecular weight excluding hydrogens is 199 g/mol. The zero-order valence-corrected chi connectivity index (χ0v) is 8.37. The maximum Gasteiger partial charge on any atom is 0.219 e. The van der Waals surface area contributed by atoms with Crippen molar-refractivity contribution in [2.24, 2.45) is 11.5 Å². The molecule has 4 nitrogen and oxygen atoms in total. The van der Waals surface area contributed by atoms with E-state index in [0.717, 1.165) is 0 Å². The number of halogens is 1. The summed E-state index contributed by atoms with van der Waals surface area (Å²) in [6.07, 6.45) is -0.00817. The number of methoxy groups -OCH3 is 1. The van der Waals surface area contributed by atoms with Crippen molar-refractivity contribution < 1.29 is 13.9 Å². The zero-order chi connectivity index (χ0) is 11.4. The molecule has 0 radical (unpaired) electrons. The second-order valence-corrected chi connectivity index (χ2v) is 3.17. The lowest BCUT2D eigenvalue weighted by Crippen LogP contribution is -2.20. The van der Waals surface area contributed by atoms with E-state index < -0.39 is 17.8 Å². The molecule has 15 heavy (non-hydrogen) atoms. The van der Waals surface area contributed by atoms with Crippen LogP contribution in [0, 0.1) is 5.82 Å². The fourth-order valence-electron chi connectivity index (χ4n) is 1.25. The number of amides is 1. The van der Waals surface area contributed by atoms with Crippen LogP contribution in [-0.4, -0.2) is 13.0 Å². The van der Waals surface area contributed by atoms with Gasteiger partial charge in [-0.25, -0.2) is 4.39 Å². The maximum atomic E-state index is 13.3. The average molecular weight is 212 g/mol. The predicted octanol–water partition coefficient (Wildman–Crippen LogP) is 0.710. The van der Waals surface area contributed by atoms with E-state index in [1.807, 2.05) is 0 Å². The number of hydrogen-bond acceptors (Lipinski definition) is 3. The summed E-state index contributed by atoms with van der Waals surface area (Å²) in [4.78, 5) is 10.6. The quantitative estimate of drug-likeness (QED) is 0.771. The van der Waals surface area contributed by atoms with Crippen LogP contribution in [0.4, 0.5) is 4.39 Å². The van der Waals surface area contributed by atoms with Gasteiger partial charge < -0.3 is 16.2 Å². The van der Waals surface area contributed by atoms with Crippen LogP contribution in [0.3, 0.4) is 0 Å². The highest BCUT2D eigenvalue weighted by atomic mass is 19.1. The number of rotatable bonds is 4. The lowest BCUT2D eigenvalue weighted by molar-refractivity contribution is -0.118. The Morgan fingerprint density at radius 3 is 2.73 bits per heavy atom. The third kappa shape index (κ3) is 2.92. The smallest absolute Gasteiger partial charge is 0.219 e. The molecular formula is C10H13FN2O2. The number of nitrogens with two attached hydrogens (primary N) is 2. The van der Waals surface area contributed by atoms with E-state index in [0.29, 0.717) is 5.56 Å². The number of benzene rings is 1. The molecule has 82 valence electrons. The maximum absolute atomic E-state index is 13.3. The zero-order valence-electron chi connectivity index (χ0n) is 8.37. The first-order valence-electron chi connectivity index (χ1n) is 4.42. The Balaban J connectivity index is 2.87. The molecule has 0 saturated heterocycles. The Morgan fingerprint density at radius 1 is 1.60 bits per heavy atom. The molecule has 0 aliphatic rings. The van der Waals surface area contributed by atoms with Gasteiger partial charge in [-0.05, 0) is 17.7 Å². The van der Waals surface area contributed by atoms with E-state index >= 15 is 0 Å². The molecule has 1 rings (SSSR count). The largest absolute Gasteiger partial charge is 0.494 e. The van der Waals surface area contributed by atoms with Gasteiger partial charge in [-0.1, -0.05) is 6.07 Å². The highest BCUT2D eigenvalue weighted by Gasteiger charge is 2.11. The van der Waals surface area contributed by atoms with Crippen molar-refractivity contribution in [3.8, 4) is 5.75 Å². The van der Waals surface area contributed by atoms with Gasteiger partial charge >= 0.3 is 0 Å². The minimum atomic E-state index is -0.581. The second kappa shape index (κ2) is 4.75. The molecule has 0 heterocycles. The van der Waals surface area contributed by atoms with Crippen LogP contribution in [-0.2, 0) is 4.79 Å². The summed E-state index contributed by atoms with van der Waals surface area (Å²) in [6, 6.07) is 3.73. The fourth-order valence-corrected chi connectivity index (χ4v) is 1.25. The van der Waals surface area contributed by atoms with E-state index in [9.17, 15) is 9.18 Å². The van der Waals surface area contributed by atoms with E-state index in [-0.39, 0.29) is 12.2 Å². The molecule has 0 saturated carbocycles. The Hall–Kier alpha value is -1.62. The first-order valence-corrected chi connectivity index (χ1v) is 4.42. The van der Waals surface area contributed by atoms with E-state index in [1.165, 1.54) is 19.2 Å². The normalized spacial score (nSPS) is 12.2. The highest BCUT2D eigenvalue weighted by molar-refractivity contribution is 5.74. The molecule has 0 aromatic heterocycles. The van der Waals surface area contributed by atoms with Gasteiger partial charge in [-0.15, -0.1) is 0 Å². The van der Waals surface area contributed by atoms with Gasteiger partial charge in [0.15, 0.2) is 11.6 Å². The van der Waals surface area contributed by atoms with Crippen molar-refractivity contribution in [1.29, 1.82) is 0 Å². The van der Waals surface area contributed by atoms with Gasteiger partial charge in [-0.2, -0.15) is 0 Å². The first-order chi connectivity index (χ1) is 7.04. The number of ether oxygens (including phenoxy) is 1. The SMILES string of the molecule is COc1ccc(C(N)CC(N)=O)cc1F. The fraction of sp³-hybridized carbons (Fsp3) is 0.300. The van der Waals surface area contributed by atoms with Crippen molar-refractivity contribution in [3.05, 3.63) is 29.6 Å². The number of primary amides is 1. The Bertz CT molecular complexity index is 368. The topological polar surface area (TPSA) is 78.3 Å². The van der Waals surface area contributed by atoms with Gasteiger partial charge in [0.2, 0.25) is 5.91 Å². The van der Waals surface area contributed by atoms with E-state index in [4.69, 9.17) is 16.2 Å². The molecule has 5 heteroatoms. The van der Waals surface area contributed by atoms with Crippen LogP contribution in [0.5, 0.6) is 5.75 Å². The van der Waals surface area contributed by atoms with Crippen LogP contribution in [0.15, 0.2) is 18.2 Å². The Labute approximate surface area is 87.0 Å². The minimum Gasteiger partial charge on any atom is -0.494 e. The van der Waals surface area contributed by atoms with Crippen molar-refractivity contribution >= 4 is 5.91 Å². The van der Waals surface area contributed by atoms with E-state index in [2.05, 4.69) is 0 Å². The molecule has 4 N–H and O–H groups in total. The third-order valence-corrected chi connectivity index (χ3v) is 2.03. The molecule has 0 aliphatic heterocycles. The molecule has 0 aliphatic carbocycles. The van der Waals surface area contributed by atoms with Crippen molar-refractivity contribution in [2.75, 3.05) is 7.11 Å². The molecule has 1 aromatic carbocycles. The van der Waals surface area contributed by atoms with Gasteiger partial charge in [0.25, 0.3) is 0 Å². The highest BCUT2D eigenvalue weighted by Crippen LogP contribution is 2.21. The average Bonchev–Trinajstić information content (AvgIpc) is 2.16. The van der Waals surface area contributed by atoms with Crippen LogP contribution in [0.25, 0.3) is 0 Å². The summed E-state index contributed by atoms with van der Waals surface area (Å²) in [7, 11) is 1.38. The standard InChI is InChI=1S/C10H13FN2O2/c1-15-9-3-2-6(4-7(9)11)8(12)5-10(13)14/h2-4,8H,5,12H2,1H3,(H2,13,14). The van der Waals surface area contributed by atoms with Crippen molar-refractivity contribution in [3.63, 3.8) is 0 Å². The Morgan fingerprint density at radius 2 is 2.27 bits per heavy atom. The molecule has 0 spiro atoms. The molecule has 1 unspecified atom stereocenters. The predicted molar refractivity (Wildman–Crippen MR) is 53.7 cm³/mol. The molecule has 0 bridgehead atoms. The summed E-state index contributed by atoms with van der Waals surface area (Å²) in [6.45, 7) is 0. The molecule has 0 fully saturated rings. The Kier molecular flexibility index (Phi) is 3.62. The van der Waals surface area contributed by atoms with Gasteiger partial charge in [0, 0.05) is 12.5 Å². The van der Waals surface area contributed by atoms with Crippen molar-refractivity contribution in [2.45, 2.75) is 12.5 Å². The summed E-state index contributed by atoms with van der Waals surface area (Å²) in [5.74, 6) is -0.876. The minimum absolute atomic E-state index is 0.00817. The number of carbonyl (C=O) groups excluding carboxylic acids is 1. The van der Waals surface area contributed by atoms with Gasteiger partial charge in [-0.3, -0.25) is 4.79 Å². The van der Waals surface area contributed by atoms with Gasteiger partial charge in [0.05, 0.1) is 7.11 Å². The molecule has 1 aromatic rings. The summed E-state index contributed by atoms with van der Waals surface area (Å²) in [5.41, 5.74) is 11.2.